The van der Waals surface area contributed by atoms with Gasteiger partial charge in [0.15, 0.2) is 0 Å². The van der Waals surface area contributed by atoms with Crippen LogP contribution in [0.5, 0.6) is 0 Å². The van der Waals surface area contributed by atoms with Crippen LogP contribution in [0.2, 0.25) is 0 Å². The summed E-state index contributed by atoms with van der Waals surface area (Å²) in [5.41, 5.74) is 1.20. The molecule has 2 aromatic rings. The van der Waals surface area contributed by atoms with Crippen LogP contribution in [0, 0.1) is 10.1 Å². The van der Waals surface area contributed by atoms with Crippen LogP contribution in [0.1, 0.15) is 56.8 Å². The van der Waals surface area contributed by atoms with E-state index in [-0.39, 0.29) is 19.6 Å². The molecule has 6 nitrogen and oxygen atoms in total. The summed E-state index contributed by atoms with van der Waals surface area (Å²) in [5, 5.41) is 12.7. The highest BCUT2D eigenvalue weighted by molar-refractivity contribution is 5.86. The lowest BCUT2D eigenvalue weighted by Gasteiger charge is -2.11. The van der Waals surface area contributed by atoms with Gasteiger partial charge in [0.2, 0.25) is 6.54 Å². The van der Waals surface area contributed by atoms with E-state index in [1.165, 1.54) is 5.56 Å². The van der Waals surface area contributed by atoms with E-state index >= 15 is 0 Å². The summed E-state index contributed by atoms with van der Waals surface area (Å²) in [4.78, 5) is 22.3. The number of esters is 1. The normalized spacial score (nSPS) is 13.6. The number of hydrogen-bond donors (Lipinski definition) is 0. The van der Waals surface area contributed by atoms with E-state index in [1.54, 1.807) is 13.2 Å². The van der Waals surface area contributed by atoms with Crippen molar-refractivity contribution >= 4 is 16.7 Å². The number of nitro groups is 1. The lowest BCUT2D eigenvalue weighted by Crippen LogP contribution is -2.17. The molecule has 0 saturated heterocycles. The molecule has 0 amide bonds. The van der Waals surface area contributed by atoms with Gasteiger partial charge in [0, 0.05) is 15.7 Å². The minimum atomic E-state index is -0.633. The van der Waals surface area contributed by atoms with Gasteiger partial charge >= 0.3 is 5.97 Å². The van der Waals surface area contributed by atoms with Gasteiger partial charge in [0.1, 0.15) is 5.76 Å². The number of carbonyl (C=O) groups is 1. The fourth-order valence-electron chi connectivity index (χ4n) is 2.79. The summed E-state index contributed by atoms with van der Waals surface area (Å²) in [7, 11) is 0. The van der Waals surface area contributed by atoms with E-state index in [0.717, 1.165) is 17.2 Å². The van der Waals surface area contributed by atoms with Crippen molar-refractivity contribution in [1.82, 2.24) is 0 Å². The fraction of sp³-hybridized carbons (Fsp3) is 0.500. The number of fused-ring (bicyclic) bond motifs is 1. The van der Waals surface area contributed by atoms with Gasteiger partial charge in [-0.1, -0.05) is 26.0 Å². The monoisotopic (exact) mass is 333 g/mol. The van der Waals surface area contributed by atoms with Crippen molar-refractivity contribution in [1.29, 1.82) is 0 Å². The van der Waals surface area contributed by atoms with E-state index in [4.69, 9.17) is 9.15 Å². The first kappa shape index (κ1) is 18.0. The van der Waals surface area contributed by atoms with E-state index in [0.29, 0.717) is 11.7 Å². The topological polar surface area (TPSA) is 82.6 Å². The molecule has 0 aliphatic heterocycles. The summed E-state index contributed by atoms with van der Waals surface area (Å²) < 4.78 is 10.5. The second kappa shape index (κ2) is 7.95. The van der Waals surface area contributed by atoms with Crippen molar-refractivity contribution in [2.24, 2.45) is 0 Å². The molecular formula is C18H23NO5. The third kappa shape index (κ3) is 4.13. The van der Waals surface area contributed by atoms with E-state index < -0.39 is 16.8 Å². The van der Waals surface area contributed by atoms with Gasteiger partial charge in [-0.25, -0.2) is 0 Å². The van der Waals surface area contributed by atoms with Crippen LogP contribution in [0.15, 0.2) is 28.9 Å². The summed E-state index contributed by atoms with van der Waals surface area (Å²) >= 11 is 0. The molecule has 0 bridgehead atoms. The van der Waals surface area contributed by atoms with Gasteiger partial charge in [0.05, 0.1) is 25.2 Å². The second-order valence-corrected chi connectivity index (χ2v) is 5.98. The van der Waals surface area contributed by atoms with E-state index in [9.17, 15) is 14.9 Å². The molecule has 1 aromatic carbocycles. The maximum Gasteiger partial charge on any atom is 0.306 e. The van der Waals surface area contributed by atoms with Crippen molar-refractivity contribution in [2.75, 3.05) is 13.2 Å². The molecule has 0 saturated carbocycles. The Bertz CT molecular complexity index is 721. The van der Waals surface area contributed by atoms with Gasteiger partial charge in [-0.2, -0.15) is 0 Å². The number of benzene rings is 1. The lowest BCUT2D eigenvalue weighted by molar-refractivity contribution is -0.483. The largest absolute Gasteiger partial charge is 0.467 e. The number of ether oxygens (including phenoxy) is 1. The molecule has 6 heteroatoms. The van der Waals surface area contributed by atoms with Crippen molar-refractivity contribution < 1.29 is 18.9 Å². The zero-order valence-electron chi connectivity index (χ0n) is 14.3. The number of nitrogens with zero attached hydrogens (tertiary/aromatic N) is 1. The average Bonchev–Trinajstić information content (AvgIpc) is 2.96. The van der Waals surface area contributed by atoms with Crippen molar-refractivity contribution in [3.63, 3.8) is 0 Å². The molecule has 0 radical (unpaired) electrons. The molecule has 2 atom stereocenters. The third-order valence-corrected chi connectivity index (χ3v) is 4.29. The number of carbonyl (C=O) groups excluding carboxylic acids is 1. The molecule has 0 fully saturated rings. The average molecular weight is 333 g/mol. The molecule has 2 rings (SSSR count). The summed E-state index contributed by atoms with van der Waals surface area (Å²) in [6.45, 7) is 5.87. The molecule has 0 spiro atoms. The third-order valence-electron chi connectivity index (χ3n) is 4.29. The van der Waals surface area contributed by atoms with Crippen LogP contribution in [-0.2, 0) is 9.53 Å². The van der Waals surface area contributed by atoms with Gasteiger partial charge in [-0.15, -0.1) is 0 Å². The Morgan fingerprint density at radius 2 is 2.12 bits per heavy atom. The molecule has 0 aliphatic carbocycles. The van der Waals surface area contributed by atoms with Crippen LogP contribution in [-0.4, -0.2) is 24.0 Å². The minimum absolute atomic E-state index is 0.0649. The van der Waals surface area contributed by atoms with Crippen LogP contribution in [0.3, 0.4) is 0 Å². The Hall–Kier alpha value is -2.37. The number of rotatable bonds is 8. The Morgan fingerprint density at radius 3 is 2.75 bits per heavy atom. The quantitative estimate of drug-likeness (QED) is 0.409. The Balaban J connectivity index is 2.35. The predicted octanol–water partition coefficient (Wildman–Crippen LogP) is 4.26. The summed E-state index contributed by atoms with van der Waals surface area (Å²) in [6.07, 6.45) is 2.57. The molecule has 1 aromatic heterocycles. The van der Waals surface area contributed by atoms with Crippen molar-refractivity contribution in [3.05, 3.63) is 45.9 Å². The van der Waals surface area contributed by atoms with Crippen LogP contribution >= 0.6 is 0 Å². The second-order valence-electron chi connectivity index (χ2n) is 5.98. The number of furan rings is 1. The first-order chi connectivity index (χ1) is 11.5. The highest BCUT2D eigenvalue weighted by Crippen LogP contribution is 2.32. The first-order valence-corrected chi connectivity index (χ1v) is 8.24. The van der Waals surface area contributed by atoms with Gasteiger partial charge < -0.3 is 9.15 Å². The van der Waals surface area contributed by atoms with Gasteiger partial charge in [0.25, 0.3) is 0 Å². The molecule has 24 heavy (non-hydrogen) atoms. The van der Waals surface area contributed by atoms with E-state index in [1.807, 2.05) is 18.2 Å². The lowest BCUT2D eigenvalue weighted by atomic mass is 9.94. The zero-order valence-corrected chi connectivity index (χ0v) is 14.3. The molecule has 0 aliphatic rings. The van der Waals surface area contributed by atoms with Crippen molar-refractivity contribution in [2.45, 2.75) is 45.4 Å². The van der Waals surface area contributed by atoms with Crippen LogP contribution in [0.25, 0.3) is 10.8 Å². The molecule has 2 unspecified atom stereocenters. The van der Waals surface area contributed by atoms with Crippen molar-refractivity contribution in [3.8, 4) is 0 Å². The molecular weight excluding hydrogens is 310 g/mol. The van der Waals surface area contributed by atoms with Crippen LogP contribution < -0.4 is 0 Å². The van der Waals surface area contributed by atoms with E-state index in [2.05, 4.69) is 13.8 Å². The van der Waals surface area contributed by atoms with Gasteiger partial charge in [-0.3, -0.25) is 14.9 Å². The first-order valence-electron chi connectivity index (χ1n) is 8.24. The summed E-state index contributed by atoms with van der Waals surface area (Å²) in [6, 6.07) is 5.99. The zero-order chi connectivity index (χ0) is 17.7. The molecule has 1 heterocycles. The van der Waals surface area contributed by atoms with Gasteiger partial charge in [-0.05, 0) is 30.9 Å². The Morgan fingerprint density at radius 1 is 1.38 bits per heavy atom. The highest BCUT2D eigenvalue weighted by Gasteiger charge is 2.27. The number of hydrogen-bond acceptors (Lipinski definition) is 5. The smallest absolute Gasteiger partial charge is 0.306 e. The Labute approximate surface area is 140 Å². The predicted molar refractivity (Wildman–Crippen MR) is 90.8 cm³/mol. The molecule has 130 valence electrons. The SMILES string of the molecule is CCOC(=O)CC(C[N+](=O)[O-])c1occ2cc(C(C)CC)ccc12. The summed E-state index contributed by atoms with van der Waals surface area (Å²) in [5.74, 6) is -0.177. The standard InChI is InChI=1S/C18H23NO5/c1-4-12(3)13-6-7-16-15(8-13)11-24-18(16)14(10-19(21)22)9-17(20)23-5-2/h6-8,11-12,14H,4-5,9-10H2,1-3H3. The minimum Gasteiger partial charge on any atom is -0.467 e. The Kier molecular flexibility index (Phi) is 5.95. The maximum absolute atomic E-state index is 11.8. The highest BCUT2D eigenvalue weighted by atomic mass is 16.6. The maximum atomic E-state index is 11.8. The van der Waals surface area contributed by atoms with Crippen LogP contribution in [0.4, 0.5) is 0 Å². The molecule has 0 N–H and O–H groups in total. The fourth-order valence-corrected chi connectivity index (χ4v) is 2.79.